The monoisotopic (exact) mass is 478 g/mol. The number of amides is 2. The first-order valence-corrected chi connectivity index (χ1v) is 12.3. The van der Waals surface area contributed by atoms with Gasteiger partial charge in [-0.3, -0.25) is 19.4 Å². The minimum atomic E-state index is -1.13. The van der Waals surface area contributed by atoms with E-state index in [1.54, 1.807) is 0 Å². The van der Waals surface area contributed by atoms with Crippen LogP contribution in [-0.2, 0) is 21.5 Å². The fraction of sp³-hybridized carbons (Fsp3) is 0.481. The van der Waals surface area contributed by atoms with Gasteiger partial charge in [0.15, 0.2) is 0 Å². The van der Waals surface area contributed by atoms with E-state index in [0.717, 1.165) is 29.8 Å². The van der Waals surface area contributed by atoms with Crippen molar-refractivity contribution in [2.24, 2.45) is 0 Å². The number of carbonyl (C=O) groups is 2. The van der Waals surface area contributed by atoms with Crippen molar-refractivity contribution >= 4 is 23.4 Å². The smallest absolute Gasteiger partial charge is 0.412 e. The third kappa shape index (κ3) is 3.85. The Kier molecular flexibility index (Phi) is 5.97. The van der Waals surface area contributed by atoms with Crippen LogP contribution in [-0.4, -0.2) is 72.6 Å². The van der Waals surface area contributed by atoms with E-state index in [1.807, 2.05) is 55.5 Å². The van der Waals surface area contributed by atoms with E-state index < -0.39 is 12.1 Å². The van der Waals surface area contributed by atoms with E-state index in [-0.39, 0.29) is 23.5 Å². The molecule has 0 spiro atoms. The number of hydrogen-bond acceptors (Lipinski definition) is 5. The van der Waals surface area contributed by atoms with Gasteiger partial charge in [-0.2, -0.15) is 0 Å². The lowest BCUT2D eigenvalue weighted by atomic mass is 9.81. The van der Waals surface area contributed by atoms with Crippen molar-refractivity contribution in [3.05, 3.63) is 59.7 Å². The molecule has 3 aliphatic heterocycles. The average Bonchev–Trinajstić information content (AvgIpc) is 3.37. The second-order valence-corrected chi connectivity index (χ2v) is 10.3. The summed E-state index contributed by atoms with van der Waals surface area (Å²) < 4.78 is 0. The third-order valence-electron chi connectivity index (χ3n) is 8.04. The molecule has 186 valence electrons. The first-order chi connectivity index (χ1) is 16.7. The minimum absolute atomic E-state index is 0.0847. The van der Waals surface area contributed by atoms with Gasteiger partial charge < -0.3 is 10.0 Å². The Hall–Kier alpha value is -3.10. The maximum Gasteiger partial charge on any atom is 0.412 e. The standard InChI is InChI=1S/C27H34N4O4/c1-18-16-23(24(32)31(18)35-15-12-19-8-6-5-7-9-19)30(26(33)34)20-10-11-22-21(17-20)27(2)13-14-28(3)25(27)29(22)4/h5-11,17-18,23,25H,12-16H2,1-4H3,(H,33,34)/t18?,23?,25?,27-/m0/s1. The van der Waals surface area contributed by atoms with Gasteiger partial charge in [-0.05, 0) is 56.1 Å². The molecule has 2 saturated heterocycles. The van der Waals surface area contributed by atoms with Gasteiger partial charge in [-0.15, -0.1) is 0 Å². The molecule has 2 aromatic rings. The molecule has 3 aliphatic rings. The maximum atomic E-state index is 13.3. The fourth-order valence-corrected chi connectivity index (χ4v) is 6.33. The number of hydrogen-bond donors (Lipinski definition) is 1. The molecule has 8 heteroatoms. The molecule has 0 aliphatic carbocycles. The minimum Gasteiger partial charge on any atom is -0.465 e. The van der Waals surface area contributed by atoms with Crippen molar-refractivity contribution < 1.29 is 19.5 Å². The van der Waals surface area contributed by atoms with Gasteiger partial charge in [0.25, 0.3) is 5.91 Å². The molecular weight excluding hydrogens is 444 g/mol. The molecule has 3 heterocycles. The number of carbonyl (C=O) groups excluding carboxylic acids is 1. The van der Waals surface area contributed by atoms with Crippen LogP contribution in [0.1, 0.15) is 37.8 Å². The summed E-state index contributed by atoms with van der Waals surface area (Å²) in [6.45, 7) is 5.51. The van der Waals surface area contributed by atoms with Crippen LogP contribution in [0, 0.1) is 0 Å². The van der Waals surface area contributed by atoms with Crippen molar-refractivity contribution in [1.29, 1.82) is 0 Å². The highest BCUT2D eigenvalue weighted by Crippen LogP contribution is 2.52. The zero-order valence-corrected chi connectivity index (χ0v) is 20.8. The highest BCUT2D eigenvalue weighted by molar-refractivity contribution is 5.98. The van der Waals surface area contributed by atoms with Crippen molar-refractivity contribution in [2.45, 2.75) is 56.8 Å². The molecule has 2 amide bonds. The summed E-state index contributed by atoms with van der Waals surface area (Å²) in [4.78, 5) is 37.5. The molecule has 0 radical (unpaired) electrons. The SMILES string of the molecule is CC1CC(N(C(=O)O)c2ccc3c(c2)[C@]2(C)CCN(C)C2N3C)C(=O)N1OCCc1ccccc1. The Labute approximate surface area is 206 Å². The molecule has 4 atom stereocenters. The summed E-state index contributed by atoms with van der Waals surface area (Å²) in [6.07, 6.45) is 1.18. The van der Waals surface area contributed by atoms with Crippen LogP contribution < -0.4 is 9.80 Å². The Morgan fingerprint density at radius 3 is 2.66 bits per heavy atom. The second-order valence-electron chi connectivity index (χ2n) is 10.3. The van der Waals surface area contributed by atoms with Gasteiger partial charge >= 0.3 is 6.09 Å². The molecule has 2 aromatic carbocycles. The van der Waals surface area contributed by atoms with Crippen molar-refractivity contribution in [2.75, 3.05) is 37.0 Å². The van der Waals surface area contributed by atoms with Gasteiger partial charge in [-0.25, -0.2) is 9.86 Å². The third-order valence-corrected chi connectivity index (χ3v) is 8.04. The van der Waals surface area contributed by atoms with Crippen LogP contribution in [0.4, 0.5) is 16.2 Å². The summed E-state index contributed by atoms with van der Waals surface area (Å²) in [6, 6.07) is 14.7. The first-order valence-electron chi connectivity index (χ1n) is 12.3. The van der Waals surface area contributed by atoms with E-state index in [2.05, 4.69) is 30.8 Å². The molecule has 3 unspecified atom stereocenters. The number of likely N-dealkylation sites (tertiary alicyclic amines) is 1. The highest BCUT2D eigenvalue weighted by atomic mass is 16.7. The van der Waals surface area contributed by atoms with Gasteiger partial charge in [0.1, 0.15) is 6.04 Å². The number of likely N-dealkylation sites (N-methyl/N-ethyl adjacent to an activating group) is 2. The number of benzene rings is 2. The van der Waals surface area contributed by atoms with Gasteiger partial charge in [0.05, 0.1) is 18.8 Å². The lowest BCUT2D eigenvalue weighted by Crippen LogP contribution is -2.45. The van der Waals surface area contributed by atoms with E-state index >= 15 is 0 Å². The predicted molar refractivity (Wildman–Crippen MR) is 135 cm³/mol. The van der Waals surface area contributed by atoms with Crippen molar-refractivity contribution in [3.63, 3.8) is 0 Å². The lowest BCUT2D eigenvalue weighted by molar-refractivity contribution is -0.187. The normalized spacial score (nSPS) is 27.9. The largest absolute Gasteiger partial charge is 0.465 e. The van der Waals surface area contributed by atoms with Crippen LogP contribution in [0.25, 0.3) is 0 Å². The van der Waals surface area contributed by atoms with Gasteiger partial charge in [-0.1, -0.05) is 37.3 Å². The Bertz CT molecular complexity index is 1130. The summed E-state index contributed by atoms with van der Waals surface area (Å²) in [5.41, 5.74) is 3.85. The summed E-state index contributed by atoms with van der Waals surface area (Å²) >= 11 is 0. The zero-order chi connectivity index (χ0) is 24.9. The molecule has 0 aromatic heterocycles. The number of carboxylic acid groups (broad SMARTS) is 1. The summed E-state index contributed by atoms with van der Waals surface area (Å²) in [5.74, 6) is -0.310. The summed E-state index contributed by atoms with van der Waals surface area (Å²) in [5, 5.41) is 11.6. The van der Waals surface area contributed by atoms with Crippen LogP contribution in [0.2, 0.25) is 0 Å². The maximum absolute atomic E-state index is 13.3. The molecule has 35 heavy (non-hydrogen) atoms. The number of rotatable bonds is 6. The molecule has 0 bridgehead atoms. The van der Waals surface area contributed by atoms with Crippen LogP contribution in [0.15, 0.2) is 48.5 Å². The zero-order valence-electron chi connectivity index (χ0n) is 20.8. The number of nitrogens with zero attached hydrogens (tertiary/aromatic N) is 4. The van der Waals surface area contributed by atoms with Crippen LogP contribution in [0.3, 0.4) is 0 Å². The molecule has 2 fully saturated rings. The van der Waals surface area contributed by atoms with Crippen molar-refractivity contribution in [3.8, 4) is 0 Å². The lowest BCUT2D eigenvalue weighted by Gasteiger charge is -2.32. The molecule has 0 saturated carbocycles. The van der Waals surface area contributed by atoms with Crippen molar-refractivity contribution in [1.82, 2.24) is 9.96 Å². The number of anilines is 2. The second kappa shape index (κ2) is 8.84. The van der Waals surface area contributed by atoms with E-state index in [1.165, 1.54) is 9.96 Å². The number of fused-ring (bicyclic) bond motifs is 3. The van der Waals surface area contributed by atoms with Gasteiger partial charge in [0, 0.05) is 36.8 Å². The average molecular weight is 479 g/mol. The van der Waals surface area contributed by atoms with E-state index in [4.69, 9.17) is 4.84 Å². The predicted octanol–water partition coefficient (Wildman–Crippen LogP) is 3.70. The molecule has 5 rings (SSSR count). The molecule has 1 N–H and O–H groups in total. The van der Waals surface area contributed by atoms with Crippen LogP contribution in [0.5, 0.6) is 0 Å². The fourth-order valence-electron chi connectivity index (χ4n) is 6.33. The molecular formula is C27H34N4O4. The van der Waals surface area contributed by atoms with E-state index in [0.29, 0.717) is 25.1 Å². The van der Waals surface area contributed by atoms with Crippen LogP contribution >= 0.6 is 0 Å². The Balaban J connectivity index is 1.37. The Morgan fingerprint density at radius 1 is 1.20 bits per heavy atom. The number of hydroxylamine groups is 2. The topological polar surface area (TPSA) is 76.6 Å². The quantitative estimate of drug-likeness (QED) is 0.682. The molecule has 8 nitrogen and oxygen atoms in total. The Morgan fingerprint density at radius 2 is 1.94 bits per heavy atom. The van der Waals surface area contributed by atoms with E-state index in [9.17, 15) is 14.7 Å². The summed E-state index contributed by atoms with van der Waals surface area (Å²) in [7, 11) is 4.23. The highest BCUT2D eigenvalue weighted by Gasteiger charge is 2.52. The first kappa shape index (κ1) is 23.6. The van der Waals surface area contributed by atoms with Gasteiger partial charge in [0.2, 0.25) is 0 Å².